The van der Waals surface area contributed by atoms with Crippen molar-refractivity contribution in [1.29, 1.82) is 0 Å². The first-order valence-electron chi connectivity index (χ1n) is 9.47. The molecule has 0 radical (unpaired) electrons. The van der Waals surface area contributed by atoms with Crippen LogP contribution in [0.5, 0.6) is 5.75 Å². The van der Waals surface area contributed by atoms with E-state index in [1.807, 2.05) is 31.2 Å². The third-order valence-electron chi connectivity index (χ3n) is 4.51. The summed E-state index contributed by atoms with van der Waals surface area (Å²) < 4.78 is 42.7. The van der Waals surface area contributed by atoms with Crippen molar-refractivity contribution in [3.63, 3.8) is 0 Å². The maximum Gasteiger partial charge on any atom is 0.406 e. The highest BCUT2D eigenvalue weighted by Crippen LogP contribution is 2.30. The normalized spacial score (nSPS) is 17.2. The predicted octanol–water partition coefficient (Wildman–Crippen LogP) is 1.85. The van der Waals surface area contributed by atoms with E-state index < -0.39 is 18.6 Å². The van der Waals surface area contributed by atoms with Gasteiger partial charge in [0.2, 0.25) is 5.91 Å². The fraction of sp³-hybridized carbons (Fsp3) is 0.579. The zero-order chi connectivity index (χ0) is 21.4. The summed E-state index contributed by atoms with van der Waals surface area (Å²) in [5.74, 6) is 0.516. The Balaban J connectivity index is 1.95. The predicted molar refractivity (Wildman–Crippen MR) is 106 cm³/mol. The second kappa shape index (κ2) is 10.2. The van der Waals surface area contributed by atoms with Gasteiger partial charge in [-0.2, -0.15) is 13.2 Å². The Morgan fingerprint density at radius 2 is 2.10 bits per heavy atom. The molecule has 1 aliphatic rings. The number of nitrogens with one attached hydrogen (secondary N) is 2. The Labute approximate surface area is 168 Å². The smallest absolute Gasteiger partial charge is 0.406 e. The summed E-state index contributed by atoms with van der Waals surface area (Å²) in [6.45, 7) is 2.34. The van der Waals surface area contributed by atoms with Crippen LogP contribution in [0.15, 0.2) is 29.3 Å². The summed E-state index contributed by atoms with van der Waals surface area (Å²) in [7, 11) is 2.75. The molecule has 1 atom stereocenters. The lowest BCUT2D eigenvalue weighted by atomic mass is 10.2. The Morgan fingerprint density at radius 1 is 1.38 bits per heavy atom. The molecular formula is C19H28F3N5O2. The molecule has 2 rings (SSSR count). The molecule has 1 heterocycles. The number of methoxy groups -OCH3 is 1. The molecule has 0 aliphatic carbocycles. The van der Waals surface area contributed by atoms with Crippen LogP contribution in [-0.4, -0.2) is 75.9 Å². The van der Waals surface area contributed by atoms with Gasteiger partial charge in [0.1, 0.15) is 18.8 Å². The highest BCUT2D eigenvalue weighted by Gasteiger charge is 2.31. The molecule has 1 aliphatic heterocycles. The molecule has 1 aromatic carbocycles. The van der Waals surface area contributed by atoms with E-state index in [4.69, 9.17) is 4.74 Å². The van der Waals surface area contributed by atoms with E-state index in [2.05, 4.69) is 20.5 Å². The number of halogens is 3. The van der Waals surface area contributed by atoms with Gasteiger partial charge in [0, 0.05) is 32.7 Å². The van der Waals surface area contributed by atoms with Crippen LogP contribution in [0.25, 0.3) is 0 Å². The van der Waals surface area contributed by atoms with Gasteiger partial charge >= 0.3 is 6.18 Å². The van der Waals surface area contributed by atoms with Crippen molar-refractivity contribution in [3.8, 4) is 5.75 Å². The molecule has 0 bridgehead atoms. The Kier molecular flexibility index (Phi) is 7.98. The van der Waals surface area contributed by atoms with E-state index in [1.54, 1.807) is 7.11 Å². The summed E-state index contributed by atoms with van der Waals surface area (Å²) >= 11 is 0. The molecule has 7 nitrogen and oxygen atoms in total. The molecule has 0 aromatic heterocycles. The van der Waals surface area contributed by atoms with Crippen LogP contribution in [0.3, 0.4) is 0 Å². The van der Waals surface area contributed by atoms with Crippen LogP contribution in [0, 0.1) is 0 Å². The largest absolute Gasteiger partial charge is 0.495 e. The maximum absolute atomic E-state index is 12.4. The number of likely N-dealkylation sites (N-methyl/N-ethyl adjacent to an activating group) is 1. The second-order valence-corrected chi connectivity index (χ2v) is 6.81. The summed E-state index contributed by atoms with van der Waals surface area (Å²) in [4.78, 5) is 18.9. The topological polar surface area (TPSA) is 69.2 Å². The van der Waals surface area contributed by atoms with Gasteiger partial charge in [-0.25, -0.2) is 4.99 Å². The summed E-state index contributed by atoms with van der Waals surface area (Å²) in [5, 5.41) is 6.29. The zero-order valence-electron chi connectivity index (χ0n) is 16.9. The number of hydrogen-bond acceptors (Lipinski definition) is 4. The van der Waals surface area contributed by atoms with Gasteiger partial charge in [0.25, 0.3) is 0 Å². The third-order valence-corrected chi connectivity index (χ3v) is 4.51. The molecule has 29 heavy (non-hydrogen) atoms. The van der Waals surface area contributed by atoms with E-state index in [1.165, 1.54) is 0 Å². The van der Waals surface area contributed by atoms with E-state index in [0.717, 1.165) is 31.5 Å². The van der Waals surface area contributed by atoms with E-state index in [-0.39, 0.29) is 12.6 Å². The number of ether oxygens (including phenoxy) is 1. The number of anilines is 1. The summed E-state index contributed by atoms with van der Waals surface area (Å²) in [6.07, 6.45) is -3.58. The fourth-order valence-electron chi connectivity index (χ4n) is 3.13. The summed E-state index contributed by atoms with van der Waals surface area (Å²) in [5.41, 5.74) is 1.00. The number of aliphatic imine (C=N–C) groups is 1. The number of carbonyl (C=O) groups is 1. The third kappa shape index (κ3) is 7.03. The Hall–Kier alpha value is -2.65. The highest BCUT2D eigenvalue weighted by molar-refractivity contribution is 5.85. The van der Waals surface area contributed by atoms with Crippen molar-refractivity contribution < 1.29 is 22.7 Å². The number of benzene rings is 1. The zero-order valence-corrected chi connectivity index (χ0v) is 16.9. The minimum atomic E-state index is -4.43. The maximum atomic E-state index is 12.4. The fourth-order valence-corrected chi connectivity index (χ4v) is 3.13. The number of para-hydroxylation sites is 2. The molecule has 1 aromatic rings. The van der Waals surface area contributed by atoms with Crippen LogP contribution in [0.2, 0.25) is 0 Å². The first kappa shape index (κ1) is 22.6. The minimum absolute atomic E-state index is 0.0840. The number of rotatable bonds is 7. The van der Waals surface area contributed by atoms with Gasteiger partial charge in [-0.1, -0.05) is 12.1 Å². The lowest BCUT2D eigenvalue weighted by Gasteiger charge is -2.22. The van der Waals surface area contributed by atoms with Gasteiger partial charge in [-0.05, 0) is 25.5 Å². The molecule has 2 N–H and O–H groups in total. The number of nitrogens with zero attached hydrogens (tertiary/aromatic N) is 3. The van der Waals surface area contributed by atoms with Crippen LogP contribution in [-0.2, 0) is 4.79 Å². The molecule has 0 spiro atoms. The quantitative estimate of drug-likeness (QED) is 0.526. The SMILES string of the molecule is CCNC(=NCC(=O)N(C)CC(F)(F)F)NC1CCN(c2ccccc2OC)C1. The first-order valence-corrected chi connectivity index (χ1v) is 9.47. The van der Waals surface area contributed by atoms with E-state index in [9.17, 15) is 18.0 Å². The van der Waals surface area contributed by atoms with Gasteiger partial charge in [0.05, 0.1) is 12.8 Å². The second-order valence-electron chi connectivity index (χ2n) is 6.81. The summed E-state index contributed by atoms with van der Waals surface area (Å²) in [6, 6.07) is 7.85. The molecule has 1 saturated heterocycles. The Morgan fingerprint density at radius 3 is 2.76 bits per heavy atom. The number of hydrogen-bond donors (Lipinski definition) is 2. The van der Waals surface area contributed by atoms with Gasteiger partial charge in [0.15, 0.2) is 5.96 Å². The number of carbonyl (C=O) groups excluding carboxylic acids is 1. The molecule has 1 unspecified atom stereocenters. The van der Waals surface area contributed by atoms with Crippen LogP contribution >= 0.6 is 0 Å². The molecular weight excluding hydrogens is 387 g/mol. The number of amides is 1. The minimum Gasteiger partial charge on any atom is -0.495 e. The van der Waals surface area contributed by atoms with Gasteiger partial charge < -0.3 is 25.2 Å². The molecule has 0 saturated carbocycles. The van der Waals surface area contributed by atoms with Crippen molar-refractivity contribution in [2.45, 2.75) is 25.6 Å². The highest BCUT2D eigenvalue weighted by atomic mass is 19.4. The average molecular weight is 415 g/mol. The van der Waals surface area contributed by atoms with Crippen molar-refractivity contribution in [2.24, 2.45) is 4.99 Å². The van der Waals surface area contributed by atoms with Crippen molar-refractivity contribution in [3.05, 3.63) is 24.3 Å². The van der Waals surface area contributed by atoms with Crippen molar-refractivity contribution in [1.82, 2.24) is 15.5 Å². The lowest BCUT2D eigenvalue weighted by Crippen LogP contribution is -2.45. The van der Waals surface area contributed by atoms with Crippen LogP contribution in [0.4, 0.5) is 18.9 Å². The molecule has 1 amide bonds. The Bertz CT molecular complexity index is 711. The lowest BCUT2D eigenvalue weighted by molar-refractivity contribution is -0.157. The monoisotopic (exact) mass is 415 g/mol. The van der Waals surface area contributed by atoms with Crippen LogP contribution in [0.1, 0.15) is 13.3 Å². The molecule has 162 valence electrons. The van der Waals surface area contributed by atoms with Crippen LogP contribution < -0.4 is 20.3 Å². The first-order chi connectivity index (χ1) is 13.7. The van der Waals surface area contributed by atoms with Gasteiger partial charge in [-0.15, -0.1) is 0 Å². The van der Waals surface area contributed by atoms with Crippen molar-refractivity contribution >= 4 is 17.6 Å². The average Bonchev–Trinajstić information content (AvgIpc) is 3.13. The van der Waals surface area contributed by atoms with Crippen molar-refractivity contribution in [2.75, 3.05) is 51.8 Å². The van der Waals surface area contributed by atoms with E-state index in [0.29, 0.717) is 23.9 Å². The number of alkyl halides is 3. The molecule has 1 fully saturated rings. The van der Waals surface area contributed by atoms with E-state index >= 15 is 0 Å². The standard InChI is InChI=1S/C19H28F3N5O2/c1-4-23-18(24-11-17(28)26(2)13-19(20,21)22)25-14-9-10-27(12-14)15-7-5-6-8-16(15)29-3/h5-8,14H,4,9-13H2,1-3H3,(H2,23,24,25). The molecule has 10 heteroatoms. The van der Waals surface area contributed by atoms with Gasteiger partial charge in [-0.3, -0.25) is 4.79 Å². The number of guanidine groups is 1.